The van der Waals surface area contributed by atoms with Gasteiger partial charge in [0.15, 0.2) is 0 Å². The lowest BCUT2D eigenvalue weighted by Gasteiger charge is -2.16. The summed E-state index contributed by atoms with van der Waals surface area (Å²) in [6.07, 6.45) is 2.81. The zero-order valence-electron chi connectivity index (χ0n) is 11.2. The maximum Gasteiger partial charge on any atom is 0.135 e. The minimum Gasteiger partial charge on any atom is -0.466 e. The van der Waals surface area contributed by atoms with Crippen molar-refractivity contribution in [3.8, 4) is 0 Å². The predicted molar refractivity (Wildman–Crippen MR) is 89.6 cm³/mol. The van der Waals surface area contributed by atoms with Gasteiger partial charge in [-0.15, -0.1) is 11.8 Å². The second kappa shape index (κ2) is 8.13. The van der Waals surface area contributed by atoms with Crippen LogP contribution < -0.4 is 5.32 Å². The molecule has 2 aromatic rings. The maximum atomic E-state index is 6.01. The Hall–Kier alpha value is -0.420. The predicted octanol–water partition coefficient (Wildman–Crippen LogP) is 5.53. The molecule has 0 spiro atoms. The van der Waals surface area contributed by atoms with Gasteiger partial charge in [0.2, 0.25) is 0 Å². The van der Waals surface area contributed by atoms with Crippen molar-refractivity contribution in [1.29, 1.82) is 0 Å². The molecule has 108 valence electrons. The number of halogens is 2. The first-order valence-corrected chi connectivity index (χ1v) is 8.71. The van der Waals surface area contributed by atoms with Gasteiger partial charge in [0.05, 0.1) is 16.8 Å². The lowest BCUT2D eigenvalue weighted by Crippen LogP contribution is -2.24. The van der Waals surface area contributed by atoms with Crippen molar-refractivity contribution >= 4 is 39.3 Å². The number of thioether (sulfide) groups is 1. The van der Waals surface area contributed by atoms with Crippen molar-refractivity contribution < 1.29 is 4.42 Å². The fraction of sp³-hybridized carbons (Fsp3) is 0.333. The van der Waals surface area contributed by atoms with Crippen LogP contribution in [0.2, 0.25) is 5.02 Å². The highest BCUT2D eigenvalue weighted by atomic mass is 79.9. The smallest absolute Gasteiger partial charge is 0.135 e. The lowest BCUT2D eigenvalue weighted by atomic mass is 10.2. The molecule has 1 aromatic heterocycles. The number of furan rings is 1. The molecule has 0 bridgehead atoms. The summed E-state index contributed by atoms with van der Waals surface area (Å²) in [5.41, 5.74) is 0. The van der Waals surface area contributed by atoms with E-state index in [0.29, 0.717) is 0 Å². The molecular formula is C15H17BrClNOS. The number of benzene rings is 1. The summed E-state index contributed by atoms with van der Waals surface area (Å²) in [7, 11) is 0. The van der Waals surface area contributed by atoms with E-state index in [9.17, 15) is 0 Å². The first-order valence-electron chi connectivity index (χ1n) is 6.55. The summed E-state index contributed by atoms with van der Waals surface area (Å²) >= 11 is 11.3. The van der Waals surface area contributed by atoms with Gasteiger partial charge in [-0.2, -0.15) is 0 Å². The van der Waals surface area contributed by atoms with Crippen LogP contribution in [-0.4, -0.2) is 12.3 Å². The Morgan fingerprint density at radius 1 is 1.40 bits per heavy atom. The molecule has 0 saturated carbocycles. The van der Waals surface area contributed by atoms with E-state index in [0.717, 1.165) is 34.0 Å². The number of hydrogen-bond donors (Lipinski definition) is 1. The molecule has 0 saturated heterocycles. The third-order valence-corrected chi connectivity index (χ3v) is 4.79. The van der Waals surface area contributed by atoms with Crippen LogP contribution in [-0.2, 0) is 0 Å². The highest BCUT2D eigenvalue weighted by Gasteiger charge is 2.17. The first-order chi connectivity index (χ1) is 9.70. The van der Waals surface area contributed by atoms with Gasteiger partial charge < -0.3 is 9.73 Å². The third kappa shape index (κ3) is 4.55. The fourth-order valence-electron chi connectivity index (χ4n) is 1.84. The molecule has 2 nitrogen and oxygen atoms in total. The second-order valence-electron chi connectivity index (χ2n) is 4.41. The molecule has 1 heterocycles. The molecule has 0 aliphatic rings. The van der Waals surface area contributed by atoms with Crippen molar-refractivity contribution in [2.45, 2.75) is 24.3 Å². The van der Waals surface area contributed by atoms with Crippen LogP contribution in [0.5, 0.6) is 0 Å². The Balaban J connectivity index is 2.03. The van der Waals surface area contributed by atoms with Gasteiger partial charge in [-0.1, -0.05) is 24.6 Å². The minimum absolute atomic E-state index is 0.184. The molecule has 0 fully saturated rings. The molecule has 0 radical (unpaired) electrons. The van der Waals surface area contributed by atoms with Crippen molar-refractivity contribution in [1.82, 2.24) is 5.32 Å². The van der Waals surface area contributed by atoms with Gasteiger partial charge in [-0.05, 0) is 53.2 Å². The van der Waals surface area contributed by atoms with Gasteiger partial charge in [0, 0.05) is 15.7 Å². The van der Waals surface area contributed by atoms with E-state index in [1.54, 1.807) is 18.0 Å². The Kier molecular flexibility index (Phi) is 6.49. The first kappa shape index (κ1) is 16.0. The van der Waals surface area contributed by atoms with Gasteiger partial charge in [-0.3, -0.25) is 0 Å². The fourth-order valence-corrected chi connectivity index (χ4v) is 3.58. The summed E-state index contributed by atoms with van der Waals surface area (Å²) in [6, 6.07) is 10.0. The van der Waals surface area contributed by atoms with Crippen LogP contribution in [0, 0.1) is 0 Å². The van der Waals surface area contributed by atoms with Crippen LogP contribution >= 0.6 is 39.3 Å². The molecule has 1 unspecified atom stereocenters. The standard InChI is InChI=1S/C15H17BrClNOS/c1-2-7-18-14(15-13(16)6-8-19-15)10-20-12-5-3-4-11(17)9-12/h3-6,8-9,14,18H,2,7,10H2,1H3. The molecule has 20 heavy (non-hydrogen) atoms. The summed E-state index contributed by atoms with van der Waals surface area (Å²) < 4.78 is 6.60. The number of hydrogen-bond acceptors (Lipinski definition) is 3. The van der Waals surface area contributed by atoms with Gasteiger partial charge in [-0.25, -0.2) is 0 Å². The molecule has 1 N–H and O–H groups in total. The Labute approximate surface area is 137 Å². The zero-order valence-corrected chi connectivity index (χ0v) is 14.4. The topological polar surface area (TPSA) is 25.2 Å². The number of rotatable bonds is 7. The molecule has 0 aliphatic heterocycles. The van der Waals surface area contributed by atoms with Crippen LogP contribution in [0.1, 0.15) is 25.1 Å². The average Bonchev–Trinajstić information content (AvgIpc) is 2.85. The highest BCUT2D eigenvalue weighted by Crippen LogP contribution is 2.30. The Bertz CT molecular complexity index is 546. The van der Waals surface area contributed by atoms with Crippen LogP contribution in [0.3, 0.4) is 0 Å². The van der Waals surface area contributed by atoms with E-state index < -0.39 is 0 Å². The SMILES string of the molecule is CCCNC(CSc1cccc(Cl)c1)c1occc1Br. The normalized spacial score (nSPS) is 12.6. The van der Waals surface area contributed by atoms with E-state index in [1.807, 2.05) is 24.3 Å². The van der Waals surface area contributed by atoms with Gasteiger partial charge in [0.25, 0.3) is 0 Å². The summed E-state index contributed by atoms with van der Waals surface area (Å²) in [5, 5.41) is 4.29. The van der Waals surface area contributed by atoms with Crippen LogP contribution in [0.4, 0.5) is 0 Å². The molecule has 1 aromatic carbocycles. The van der Waals surface area contributed by atoms with Crippen LogP contribution in [0.15, 0.2) is 50.4 Å². The van der Waals surface area contributed by atoms with Crippen molar-refractivity contribution in [2.24, 2.45) is 0 Å². The van der Waals surface area contributed by atoms with E-state index >= 15 is 0 Å². The van der Waals surface area contributed by atoms with E-state index in [2.05, 4.69) is 34.2 Å². The zero-order chi connectivity index (χ0) is 14.4. The quantitative estimate of drug-likeness (QED) is 0.645. The number of nitrogens with one attached hydrogen (secondary N) is 1. The van der Waals surface area contributed by atoms with E-state index in [1.165, 1.54) is 4.90 Å². The minimum atomic E-state index is 0.184. The molecular weight excluding hydrogens is 358 g/mol. The monoisotopic (exact) mass is 373 g/mol. The van der Waals surface area contributed by atoms with E-state index in [4.69, 9.17) is 16.0 Å². The molecule has 0 amide bonds. The molecule has 2 rings (SSSR count). The van der Waals surface area contributed by atoms with Crippen molar-refractivity contribution in [3.63, 3.8) is 0 Å². The highest BCUT2D eigenvalue weighted by molar-refractivity contribution is 9.10. The molecule has 0 aliphatic carbocycles. The van der Waals surface area contributed by atoms with Crippen LogP contribution in [0.25, 0.3) is 0 Å². The maximum absolute atomic E-state index is 6.01. The molecule has 1 atom stereocenters. The second-order valence-corrected chi connectivity index (χ2v) is 6.79. The van der Waals surface area contributed by atoms with Crippen molar-refractivity contribution in [3.05, 3.63) is 51.9 Å². The lowest BCUT2D eigenvalue weighted by molar-refractivity contribution is 0.433. The largest absolute Gasteiger partial charge is 0.466 e. The summed E-state index contributed by atoms with van der Waals surface area (Å²) in [4.78, 5) is 1.17. The van der Waals surface area contributed by atoms with Gasteiger partial charge >= 0.3 is 0 Å². The third-order valence-electron chi connectivity index (χ3n) is 2.81. The Morgan fingerprint density at radius 2 is 2.25 bits per heavy atom. The molecule has 5 heteroatoms. The average molecular weight is 375 g/mol. The summed E-state index contributed by atoms with van der Waals surface area (Å²) in [5.74, 6) is 1.85. The van der Waals surface area contributed by atoms with E-state index in [-0.39, 0.29) is 6.04 Å². The Morgan fingerprint density at radius 3 is 2.90 bits per heavy atom. The van der Waals surface area contributed by atoms with Crippen molar-refractivity contribution in [2.75, 3.05) is 12.3 Å². The van der Waals surface area contributed by atoms with Gasteiger partial charge in [0.1, 0.15) is 5.76 Å². The summed E-state index contributed by atoms with van der Waals surface area (Å²) in [6.45, 7) is 3.12.